The summed E-state index contributed by atoms with van der Waals surface area (Å²) in [6, 6.07) is 9.64. The zero-order valence-corrected chi connectivity index (χ0v) is 14.1. The fraction of sp³-hybridized carbons (Fsp3) is 0.684. The molecule has 2 rings (SSSR count). The molecule has 0 bridgehead atoms. The molecule has 1 aliphatic rings. The van der Waals surface area contributed by atoms with Crippen molar-refractivity contribution >= 4 is 0 Å². The first-order chi connectivity index (χ1) is 10.1. The van der Waals surface area contributed by atoms with E-state index in [1.54, 1.807) is 7.11 Å². The Labute approximate surface area is 130 Å². The summed E-state index contributed by atoms with van der Waals surface area (Å²) in [4.78, 5) is 0. The van der Waals surface area contributed by atoms with Gasteiger partial charge < -0.3 is 10.1 Å². The fourth-order valence-corrected chi connectivity index (χ4v) is 3.80. The number of benzene rings is 1. The minimum absolute atomic E-state index is 0.446. The van der Waals surface area contributed by atoms with Crippen LogP contribution in [0.5, 0.6) is 0 Å². The molecule has 1 N–H and O–H groups in total. The van der Waals surface area contributed by atoms with E-state index in [1.807, 2.05) is 0 Å². The van der Waals surface area contributed by atoms with E-state index >= 15 is 0 Å². The third kappa shape index (κ3) is 4.08. The summed E-state index contributed by atoms with van der Waals surface area (Å²) in [5, 5.41) is 3.73. The molecule has 0 amide bonds. The molecule has 0 aliphatic heterocycles. The standard InChI is InChI=1S/C19H31NO/c1-5-20-18(17-7-6-13-19(17,2)3)16-10-8-15(9-11-16)12-14-21-4/h8-11,17-18,20H,5-7,12-14H2,1-4H3. The second-order valence-corrected chi connectivity index (χ2v) is 7.01. The van der Waals surface area contributed by atoms with Crippen LogP contribution in [0.25, 0.3) is 0 Å². The predicted octanol–water partition coefficient (Wildman–Crippen LogP) is 4.35. The molecular weight excluding hydrogens is 258 g/mol. The molecule has 1 aromatic rings. The molecule has 0 heterocycles. The van der Waals surface area contributed by atoms with Gasteiger partial charge in [-0.3, -0.25) is 0 Å². The van der Waals surface area contributed by atoms with Gasteiger partial charge in [0, 0.05) is 13.2 Å². The van der Waals surface area contributed by atoms with Crippen LogP contribution in [0.4, 0.5) is 0 Å². The molecule has 21 heavy (non-hydrogen) atoms. The van der Waals surface area contributed by atoms with Crippen LogP contribution in [0.2, 0.25) is 0 Å². The van der Waals surface area contributed by atoms with Crippen LogP contribution in [0.3, 0.4) is 0 Å². The van der Waals surface area contributed by atoms with Gasteiger partial charge in [-0.05, 0) is 48.3 Å². The maximum absolute atomic E-state index is 5.16. The van der Waals surface area contributed by atoms with E-state index in [-0.39, 0.29) is 0 Å². The average molecular weight is 289 g/mol. The van der Waals surface area contributed by atoms with Gasteiger partial charge in [0.25, 0.3) is 0 Å². The maximum atomic E-state index is 5.16. The molecule has 2 nitrogen and oxygen atoms in total. The molecule has 2 heteroatoms. The van der Waals surface area contributed by atoms with Crippen LogP contribution >= 0.6 is 0 Å². The molecule has 2 atom stereocenters. The summed E-state index contributed by atoms with van der Waals surface area (Å²) < 4.78 is 5.16. The SMILES string of the molecule is CCNC(c1ccc(CCOC)cc1)C1CCCC1(C)C. The van der Waals surface area contributed by atoms with Crippen molar-refractivity contribution in [1.29, 1.82) is 0 Å². The van der Waals surface area contributed by atoms with Crippen molar-refractivity contribution in [3.8, 4) is 0 Å². The van der Waals surface area contributed by atoms with Gasteiger partial charge in [0.1, 0.15) is 0 Å². The van der Waals surface area contributed by atoms with Gasteiger partial charge in [0.05, 0.1) is 6.61 Å². The highest BCUT2D eigenvalue weighted by Gasteiger charge is 2.39. The summed E-state index contributed by atoms with van der Waals surface area (Å²) in [6.07, 6.45) is 5.06. The zero-order chi connectivity index (χ0) is 15.3. The van der Waals surface area contributed by atoms with E-state index in [2.05, 4.69) is 50.4 Å². The number of rotatable bonds is 7. The zero-order valence-electron chi connectivity index (χ0n) is 14.1. The predicted molar refractivity (Wildman–Crippen MR) is 89.6 cm³/mol. The van der Waals surface area contributed by atoms with Gasteiger partial charge in [0.2, 0.25) is 0 Å². The second kappa shape index (κ2) is 7.42. The van der Waals surface area contributed by atoms with Crippen molar-refractivity contribution in [1.82, 2.24) is 5.32 Å². The van der Waals surface area contributed by atoms with Gasteiger partial charge in [0.15, 0.2) is 0 Å². The minimum Gasteiger partial charge on any atom is -0.384 e. The van der Waals surface area contributed by atoms with Crippen molar-refractivity contribution in [3.05, 3.63) is 35.4 Å². The van der Waals surface area contributed by atoms with Gasteiger partial charge >= 0.3 is 0 Å². The molecule has 0 spiro atoms. The Balaban J connectivity index is 2.14. The lowest BCUT2D eigenvalue weighted by atomic mass is 9.75. The number of nitrogens with one attached hydrogen (secondary N) is 1. The summed E-state index contributed by atoms with van der Waals surface area (Å²) >= 11 is 0. The van der Waals surface area contributed by atoms with E-state index in [1.165, 1.54) is 30.4 Å². The number of methoxy groups -OCH3 is 1. The Kier molecular flexibility index (Phi) is 5.83. The molecule has 1 fully saturated rings. The average Bonchev–Trinajstić information content (AvgIpc) is 2.82. The number of hydrogen-bond donors (Lipinski definition) is 1. The third-order valence-electron chi connectivity index (χ3n) is 5.10. The molecule has 1 aromatic carbocycles. The molecule has 118 valence electrons. The van der Waals surface area contributed by atoms with E-state index in [9.17, 15) is 0 Å². The Morgan fingerprint density at radius 2 is 2.00 bits per heavy atom. The smallest absolute Gasteiger partial charge is 0.0502 e. The molecule has 1 aliphatic carbocycles. The fourth-order valence-electron chi connectivity index (χ4n) is 3.80. The van der Waals surface area contributed by atoms with E-state index in [4.69, 9.17) is 4.74 Å². The lowest BCUT2D eigenvalue weighted by molar-refractivity contribution is 0.199. The van der Waals surface area contributed by atoms with Gasteiger partial charge in [-0.15, -0.1) is 0 Å². The number of ether oxygens (including phenoxy) is 1. The van der Waals surface area contributed by atoms with E-state index < -0.39 is 0 Å². The van der Waals surface area contributed by atoms with E-state index in [0.717, 1.165) is 25.5 Å². The van der Waals surface area contributed by atoms with Gasteiger partial charge in [-0.25, -0.2) is 0 Å². The molecule has 0 aromatic heterocycles. The molecule has 0 saturated heterocycles. The summed E-state index contributed by atoms with van der Waals surface area (Å²) in [7, 11) is 1.76. The topological polar surface area (TPSA) is 21.3 Å². The number of hydrogen-bond acceptors (Lipinski definition) is 2. The first-order valence-electron chi connectivity index (χ1n) is 8.39. The summed E-state index contributed by atoms with van der Waals surface area (Å²) in [5.74, 6) is 0.738. The van der Waals surface area contributed by atoms with Crippen LogP contribution < -0.4 is 5.32 Å². The van der Waals surface area contributed by atoms with Crippen LogP contribution in [0.15, 0.2) is 24.3 Å². The molecular formula is C19H31NO. The van der Waals surface area contributed by atoms with E-state index in [0.29, 0.717) is 11.5 Å². The quantitative estimate of drug-likeness (QED) is 0.805. The van der Waals surface area contributed by atoms with Crippen molar-refractivity contribution in [2.75, 3.05) is 20.3 Å². The Bertz CT molecular complexity index is 424. The molecule has 1 saturated carbocycles. The largest absolute Gasteiger partial charge is 0.384 e. The van der Waals surface area contributed by atoms with Crippen molar-refractivity contribution < 1.29 is 4.74 Å². The lowest BCUT2D eigenvalue weighted by Gasteiger charge is -2.35. The highest BCUT2D eigenvalue weighted by atomic mass is 16.5. The van der Waals surface area contributed by atoms with Crippen LogP contribution in [0, 0.1) is 11.3 Å². The normalized spacial score (nSPS) is 22.4. The minimum atomic E-state index is 0.446. The van der Waals surface area contributed by atoms with Crippen LogP contribution in [-0.4, -0.2) is 20.3 Å². The van der Waals surface area contributed by atoms with Gasteiger partial charge in [-0.1, -0.05) is 51.5 Å². The summed E-state index contributed by atoms with van der Waals surface area (Å²) in [6.45, 7) is 8.90. The first-order valence-corrected chi connectivity index (χ1v) is 8.39. The Morgan fingerprint density at radius 1 is 1.29 bits per heavy atom. The monoisotopic (exact) mass is 289 g/mol. The van der Waals surface area contributed by atoms with Gasteiger partial charge in [-0.2, -0.15) is 0 Å². The molecule has 2 unspecified atom stereocenters. The summed E-state index contributed by atoms with van der Waals surface area (Å²) in [5.41, 5.74) is 3.25. The Hall–Kier alpha value is -0.860. The Morgan fingerprint density at radius 3 is 2.52 bits per heavy atom. The third-order valence-corrected chi connectivity index (χ3v) is 5.10. The van der Waals surface area contributed by atoms with Crippen molar-refractivity contribution in [2.24, 2.45) is 11.3 Å². The highest BCUT2D eigenvalue weighted by molar-refractivity contribution is 5.26. The lowest BCUT2D eigenvalue weighted by Crippen LogP contribution is -2.33. The second-order valence-electron chi connectivity index (χ2n) is 7.01. The molecule has 0 radical (unpaired) electrons. The highest BCUT2D eigenvalue weighted by Crippen LogP contribution is 2.48. The van der Waals surface area contributed by atoms with Crippen molar-refractivity contribution in [3.63, 3.8) is 0 Å². The van der Waals surface area contributed by atoms with Crippen LogP contribution in [-0.2, 0) is 11.2 Å². The van der Waals surface area contributed by atoms with Crippen molar-refractivity contribution in [2.45, 2.75) is 52.5 Å². The maximum Gasteiger partial charge on any atom is 0.0502 e. The van der Waals surface area contributed by atoms with Crippen LogP contribution in [0.1, 0.15) is 57.2 Å². The first kappa shape index (κ1) is 16.5.